The number of para-hydroxylation sites is 1. The molecule has 1 heterocycles. The van der Waals surface area contributed by atoms with Crippen molar-refractivity contribution in [3.05, 3.63) is 108 Å². The van der Waals surface area contributed by atoms with Gasteiger partial charge in [0.2, 0.25) is 0 Å². The number of hydrogen-bond acceptors (Lipinski definition) is 7. The van der Waals surface area contributed by atoms with E-state index in [0.29, 0.717) is 11.7 Å². The summed E-state index contributed by atoms with van der Waals surface area (Å²) in [7, 11) is 0. The Hall–Kier alpha value is -4.63. The molecular formula is C29H26N6O2S. The van der Waals surface area contributed by atoms with Crippen molar-refractivity contribution in [1.29, 1.82) is 0 Å². The molecule has 0 aliphatic carbocycles. The Bertz CT molecular complexity index is 1560. The van der Waals surface area contributed by atoms with Gasteiger partial charge in [-0.3, -0.25) is 9.36 Å². The molecule has 1 amide bonds. The van der Waals surface area contributed by atoms with E-state index in [2.05, 4.69) is 44.2 Å². The molecule has 1 aromatic heterocycles. The molecule has 4 aromatic carbocycles. The van der Waals surface area contributed by atoms with Gasteiger partial charge < -0.3 is 10.4 Å². The molecule has 0 saturated heterocycles. The van der Waals surface area contributed by atoms with E-state index in [9.17, 15) is 9.90 Å². The topological polar surface area (TPSA) is 104 Å². The lowest BCUT2D eigenvalue weighted by molar-refractivity contribution is -0.120. The number of nitrogens with zero attached hydrogens (tertiary/aromatic N) is 4. The monoisotopic (exact) mass is 522 g/mol. The lowest BCUT2D eigenvalue weighted by Gasteiger charge is -2.14. The first-order valence-corrected chi connectivity index (χ1v) is 13.0. The Morgan fingerprint density at radius 1 is 0.974 bits per heavy atom. The predicted molar refractivity (Wildman–Crippen MR) is 152 cm³/mol. The van der Waals surface area contributed by atoms with E-state index in [4.69, 9.17) is 0 Å². The fourth-order valence-corrected chi connectivity index (χ4v) is 4.79. The number of phenols is 1. The lowest BCUT2D eigenvalue weighted by Crippen LogP contribution is -2.27. The van der Waals surface area contributed by atoms with Crippen LogP contribution in [-0.2, 0) is 11.3 Å². The van der Waals surface area contributed by atoms with Gasteiger partial charge in [-0.2, -0.15) is 5.10 Å². The smallest absolute Gasteiger partial charge is 0.253 e. The Morgan fingerprint density at radius 2 is 1.71 bits per heavy atom. The summed E-state index contributed by atoms with van der Waals surface area (Å²) in [5, 5.41) is 28.2. The first-order chi connectivity index (χ1) is 18.6. The van der Waals surface area contributed by atoms with Gasteiger partial charge in [0.05, 0.1) is 18.0 Å². The SMILES string of the molecule is CC(Sc1nnc(CNc2cccc3ccccc23)n1-c1ccccc1)C(=O)NN=Cc1ccc(O)cc1. The normalized spacial score (nSPS) is 12.0. The number of hydrogen-bond donors (Lipinski definition) is 3. The third-order valence-corrected chi connectivity index (χ3v) is 6.92. The van der Waals surface area contributed by atoms with Crippen molar-refractivity contribution in [2.75, 3.05) is 5.32 Å². The summed E-state index contributed by atoms with van der Waals surface area (Å²) in [6, 6.07) is 30.8. The number of aromatic hydroxyl groups is 1. The summed E-state index contributed by atoms with van der Waals surface area (Å²) in [5.74, 6) is 0.637. The summed E-state index contributed by atoms with van der Waals surface area (Å²) >= 11 is 1.31. The Balaban J connectivity index is 1.32. The molecule has 1 atom stereocenters. The van der Waals surface area contributed by atoms with Gasteiger partial charge in [-0.15, -0.1) is 10.2 Å². The van der Waals surface area contributed by atoms with E-state index in [1.807, 2.05) is 59.2 Å². The highest BCUT2D eigenvalue weighted by Gasteiger charge is 2.21. The van der Waals surface area contributed by atoms with Crippen molar-refractivity contribution >= 4 is 40.3 Å². The van der Waals surface area contributed by atoms with Crippen LogP contribution in [0.25, 0.3) is 16.5 Å². The van der Waals surface area contributed by atoms with E-state index in [-0.39, 0.29) is 11.7 Å². The zero-order valence-corrected chi connectivity index (χ0v) is 21.5. The van der Waals surface area contributed by atoms with Crippen LogP contribution in [0.5, 0.6) is 5.75 Å². The Labute approximate surface area is 224 Å². The van der Waals surface area contributed by atoms with Crippen LogP contribution in [0.1, 0.15) is 18.3 Å². The van der Waals surface area contributed by atoms with E-state index < -0.39 is 5.25 Å². The fraction of sp³-hybridized carbons (Fsp3) is 0.103. The fourth-order valence-electron chi connectivity index (χ4n) is 3.91. The van der Waals surface area contributed by atoms with Crippen LogP contribution >= 0.6 is 11.8 Å². The maximum absolute atomic E-state index is 12.7. The molecule has 1 unspecified atom stereocenters. The molecule has 3 N–H and O–H groups in total. The molecule has 0 aliphatic heterocycles. The second kappa shape index (κ2) is 11.6. The predicted octanol–water partition coefficient (Wildman–Crippen LogP) is 5.37. The van der Waals surface area contributed by atoms with Gasteiger partial charge in [0.1, 0.15) is 5.75 Å². The number of hydrazone groups is 1. The molecule has 8 nitrogen and oxygen atoms in total. The minimum absolute atomic E-state index is 0.172. The number of thioether (sulfide) groups is 1. The largest absolute Gasteiger partial charge is 0.508 e. The van der Waals surface area contributed by atoms with Crippen molar-refractivity contribution in [1.82, 2.24) is 20.2 Å². The summed E-state index contributed by atoms with van der Waals surface area (Å²) in [4.78, 5) is 12.7. The van der Waals surface area contributed by atoms with Crippen molar-refractivity contribution in [2.24, 2.45) is 5.10 Å². The molecule has 0 bridgehead atoms. The molecule has 0 saturated carbocycles. The molecule has 0 radical (unpaired) electrons. The molecule has 9 heteroatoms. The molecule has 0 spiro atoms. The minimum Gasteiger partial charge on any atom is -0.508 e. The van der Waals surface area contributed by atoms with Gasteiger partial charge in [0, 0.05) is 16.8 Å². The maximum atomic E-state index is 12.7. The number of anilines is 1. The van der Waals surface area contributed by atoms with E-state index in [0.717, 1.165) is 33.5 Å². The molecule has 0 aliphatic rings. The number of phenolic OH excluding ortho intramolecular Hbond substituents is 1. The highest BCUT2D eigenvalue weighted by atomic mass is 32.2. The number of benzene rings is 4. The number of amides is 1. The number of carbonyl (C=O) groups excluding carboxylic acids is 1. The van der Waals surface area contributed by atoms with E-state index in [1.165, 1.54) is 18.0 Å². The lowest BCUT2D eigenvalue weighted by atomic mass is 10.1. The molecule has 5 aromatic rings. The zero-order valence-electron chi connectivity index (χ0n) is 20.7. The number of aromatic nitrogens is 3. The summed E-state index contributed by atoms with van der Waals surface area (Å²) in [6.45, 7) is 2.25. The first-order valence-electron chi connectivity index (χ1n) is 12.1. The number of nitrogens with one attached hydrogen (secondary N) is 2. The molecule has 38 heavy (non-hydrogen) atoms. The van der Waals surface area contributed by atoms with Gasteiger partial charge >= 0.3 is 0 Å². The van der Waals surface area contributed by atoms with Crippen LogP contribution in [0.15, 0.2) is 107 Å². The summed E-state index contributed by atoms with van der Waals surface area (Å²) in [6.07, 6.45) is 1.53. The summed E-state index contributed by atoms with van der Waals surface area (Å²) < 4.78 is 1.96. The molecule has 0 fully saturated rings. The van der Waals surface area contributed by atoms with Gasteiger partial charge in [0.15, 0.2) is 11.0 Å². The van der Waals surface area contributed by atoms with Crippen LogP contribution in [0, 0.1) is 0 Å². The Kier molecular flexibility index (Phi) is 7.65. The van der Waals surface area contributed by atoms with Gasteiger partial charge in [-0.05, 0) is 60.3 Å². The van der Waals surface area contributed by atoms with Crippen LogP contribution in [-0.4, -0.2) is 37.2 Å². The van der Waals surface area contributed by atoms with Gasteiger partial charge in [-0.25, -0.2) is 5.43 Å². The highest BCUT2D eigenvalue weighted by molar-refractivity contribution is 8.00. The third-order valence-electron chi connectivity index (χ3n) is 5.87. The van der Waals surface area contributed by atoms with Crippen molar-refractivity contribution in [3.8, 4) is 11.4 Å². The Morgan fingerprint density at radius 3 is 2.53 bits per heavy atom. The van der Waals surface area contributed by atoms with Crippen molar-refractivity contribution in [3.63, 3.8) is 0 Å². The second-order valence-electron chi connectivity index (χ2n) is 8.54. The molecule has 5 rings (SSSR count). The van der Waals surface area contributed by atoms with E-state index in [1.54, 1.807) is 31.2 Å². The molecule has 190 valence electrons. The van der Waals surface area contributed by atoms with Gasteiger partial charge in [-0.1, -0.05) is 66.4 Å². The van der Waals surface area contributed by atoms with Crippen LogP contribution < -0.4 is 10.7 Å². The quantitative estimate of drug-likeness (QED) is 0.137. The number of rotatable bonds is 9. The van der Waals surface area contributed by atoms with Crippen molar-refractivity contribution < 1.29 is 9.90 Å². The third kappa shape index (κ3) is 5.84. The van der Waals surface area contributed by atoms with Crippen LogP contribution in [0.3, 0.4) is 0 Å². The van der Waals surface area contributed by atoms with Crippen LogP contribution in [0.2, 0.25) is 0 Å². The zero-order chi connectivity index (χ0) is 26.3. The minimum atomic E-state index is -0.475. The standard InChI is InChI=1S/C29H26N6O2S/c1-20(28(37)33-31-18-21-14-16-24(36)17-15-21)38-29-34-32-27(35(29)23-10-3-2-4-11-23)19-30-26-13-7-9-22-8-5-6-12-25(22)26/h2-18,20,30,36H,19H2,1H3,(H,33,37). The first kappa shape index (κ1) is 25.0. The van der Waals surface area contributed by atoms with Gasteiger partial charge in [0.25, 0.3) is 5.91 Å². The average Bonchev–Trinajstić information content (AvgIpc) is 3.35. The van der Waals surface area contributed by atoms with Crippen LogP contribution in [0.4, 0.5) is 5.69 Å². The average molecular weight is 523 g/mol. The number of fused-ring (bicyclic) bond motifs is 1. The highest BCUT2D eigenvalue weighted by Crippen LogP contribution is 2.27. The second-order valence-corrected chi connectivity index (χ2v) is 9.84. The molecular weight excluding hydrogens is 496 g/mol. The van der Waals surface area contributed by atoms with E-state index >= 15 is 0 Å². The van der Waals surface area contributed by atoms with Crippen molar-refractivity contribution in [2.45, 2.75) is 23.9 Å². The maximum Gasteiger partial charge on any atom is 0.253 e. The number of carbonyl (C=O) groups is 1. The summed E-state index contributed by atoms with van der Waals surface area (Å²) in [5.41, 5.74) is 5.26.